The fourth-order valence-electron chi connectivity index (χ4n) is 0.360. The third-order valence-corrected chi connectivity index (χ3v) is 2.89. The monoisotopic (exact) mass is 165 g/mol. The predicted octanol–water partition coefficient (Wildman–Crippen LogP) is -0.0539. The van der Waals surface area contributed by atoms with Crippen molar-refractivity contribution < 1.29 is 14.4 Å². The van der Waals surface area contributed by atoms with Gasteiger partial charge in [0.25, 0.3) is 0 Å². The number of aromatic nitrogens is 1. The Morgan fingerprint density at radius 2 is 2.33 bits per heavy atom. The Hall–Kier alpha value is -0.220. The van der Waals surface area contributed by atoms with Crippen LogP contribution < -0.4 is 4.75 Å². The number of rotatable bonds is 1. The van der Waals surface area contributed by atoms with Gasteiger partial charge in [-0.05, 0) is 0 Å². The maximum atomic E-state index is 10.3. The second-order valence-corrected chi connectivity index (χ2v) is 4.07. The Morgan fingerprint density at radius 3 is 2.56 bits per heavy atom. The van der Waals surface area contributed by atoms with Crippen LogP contribution in [0.4, 0.5) is 0 Å². The lowest BCUT2D eigenvalue weighted by molar-refractivity contribution is 0.387. The van der Waals surface area contributed by atoms with E-state index in [-0.39, 0.29) is 4.75 Å². The molecule has 1 rings (SSSR count). The lowest BCUT2D eigenvalue weighted by Gasteiger charge is -1.94. The van der Waals surface area contributed by atoms with Crippen LogP contribution >= 0.6 is 18.9 Å². The van der Waals surface area contributed by atoms with Gasteiger partial charge in [-0.15, -0.1) is 11.3 Å². The minimum absolute atomic E-state index is 0.123. The summed E-state index contributed by atoms with van der Waals surface area (Å²) in [6, 6.07) is 0. The summed E-state index contributed by atoms with van der Waals surface area (Å²) >= 11 is 0.956. The summed E-state index contributed by atoms with van der Waals surface area (Å²) < 4.78 is 10.2. The summed E-state index contributed by atoms with van der Waals surface area (Å²) in [4.78, 5) is 20.3. The molecule has 0 aliphatic rings. The van der Waals surface area contributed by atoms with Gasteiger partial charge in [0.2, 0.25) is 4.75 Å². The molecule has 1 aromatic rings. The first-order valence-corrected chi connectivity index (χ1v) is 4.55. The van der Waals surface area contributed by atoms with Gasteiger partial charge in [-0.3, -0.25) is 4.57 Å². The van der Waals surface area contributed by atoms with Crippen LogP contribution in [-0.2, 0) is 4.57 Å². The molecule has 6 heteroatoms. The minimum Gasteiger partial charge on any atom is -0.319 e. The van der Waals surface area contributed by atoms with Crippen molar-refractivity contribution in [1.29, 1.82) is 0 Å². The largest absolute Gasteiger partial charge is 0.384 e. The van der Waals surface area contributed by atoms with Crippen molar-refractivity contribution >= 4 is 23.7 Å². The van der Waals surface area contributed by atoms with E-state index in [1.54, 1.807) is 0 Å². The van der Waals surface area contributed by atoms with Gasteiger partial charge in [0, 0.05) is 11.6 Å². The minimum atomic E-state index is -4.06. The molecular weight excluding hydrogens is 161 g/mol. The van der Waals surface area contributed by atoms with E-state index in [1.807, 2.05) is 0 Å². The Kier molecular flexibility index (Phi) is 1.68. The molecule has 0 amide bonds. The van der Waals surface area contributed by atoms with Crippen LogP contribution in [0.1, 0.15) is 0 Å². The van der Waals surface area contributed by atoms with Gasteiger partial charge in [-0.2, -0.15) is 0 Å². The fourth-order valence-corrected chi connectivity index (χ4v) is 1.67. The van der Waals surface area contributed by atoms with Crippen LogP contribution in [0.5, 0.6) is 0 Å². The second kappa shape index (κ2) is 2.19. The molecule has 1 heterocycles. The molecule has 0 bridgehead atoms. The molecule has 0 aromatic carbocycles. The van der Waals surface area contributed by atoms with Crippen molar-refractivity contribution in [2.24, 2.45) is 0 Å². The molecule has 0 saturated heterocycles. The lowest BCUT2D eigenvalue weighted by atomic mass is 11.0. The van der Waals surface area contributed by atoms with E-state index in [2.05, 4.69) is 4.98 Å². The van der Waals surface area contributed by atoms with Gasteiger partial charge in [0.05, 0.1) is 0 Å². The van der Waals surface area contributed by atoms with Crippen LogP contribution in [0.3, 0.4) is 0 Å². The molecule has 0 aliphatic heterocycles. The quantitative estimate of drug-likeness (QED) is 0.572. The molecule has 1 aromatic heterocycles. The zero-order valence-electron chi connectivity index (χ0n) is 4.26. The molecule has 0 aliphatic carbocycles. The predicted molar refractivity (Wildman–Crippen MR) is 33.8 cm³/mol. The first-order valence-electron chi connectivity index (χ1n) is 2.06. The number of nitrogens with zero attached hydrogens (tertiary/aromatic N) is 1. The highest BCUT2D eigenvalue weighted by atomic mass is 32.1. The highest BCUT2D eigenvalue weighted by molar-refractivity contribution is 7.66. The van der Waals surface area contributed by atoms with Crippen molar-refractivity contribution in [3.63, 3.8) is 0 Å². The van der Waals surface area contributed by atoms with Crippen LogP contribution in [0.2, 0.25) is 0 Å². The number of thiazole rings is 1. The molecule has 0 spiro atoms. The van der Waals surface area contributed by atoms with Crippen molar-refractivity contribution in [1.82, 2.24) is 4.98 Å². The average Bonchev–Trinajstić information content (AvgIpc) is 2.08. The molecule has 0 saturated carbocycles. The summed E-state index contributed by atoms with van der Waals surface area (Å²) in [7, 11) is -4.06. The maximum absolute atomic E-state index is 10.3. The lowest BCUT2D eigenvalue weighted by Crippen LogP contribution is -1.99. The first kappa shape index (κ1) is 6.89. The first-order chi connectivity index (χ1) is 4.11. The van der Waals surface area contributed by atoms with E-state index in [1.165, 1.54) is 11.6 Å². The van der Waals surface area contributed by atoms with Crippen LogP contribution in [0.25, 0.3) is 0 Å². The molecular formula is C3H4NO3PS. The van der Waals surface area contributed by atoms with Crippen LogP contribution in [-0.4, -0.2) is 14.8 Å². The zero-order chi connectivity index (χ0) is 6.91. The van der Waals surface area contributed by atoms with Crippen LogP contribution in [0.15, 0.2) is 11.6 Å². The molecule has 2 N–H and O–H groups in total. The second-order valence-electron chi connectivity index (χ2n) is 1.36. The van der Waals surface area contributed by atoms with Crippen molar-refractivity contribution in [2.45, 2.75) is 0 Å². The molecule has 0 radical (unpaired) electrons. The third-order valence-electron chi connectivity index (χ3n) is 0.668. The van der Waals surface area contributed by atoms with Crippen molar-refractivity contribution in [2.75, 3.05) is 0 Å². The highest BCUT2D eigenvalue weighted by Gasteiger charge is 2.19. The molecule has 0 fully saturated rings. The maximum Gasteiger partial charge on any atom is 0.384 e. The molecule has 50 valence electrons. The molecule has 4 nitrogen and oxygen atoms in total. The van der Waals surface area contributed by atoms with E-state index >= 15 is 0 Å². The topological polar surface area (TPSA) is 70.4 Å². The summed E-state index contributed by atoms with van der Waals surface area (Å²) in [6.07, 6.45) is 1.36. The van der Waals surface area contributed by atoms with Gasteiger partial charge >= 0.3 is 7.60 Å². The van der Waals surface area contributed by atoms with Gasteiger partial charge < -0.3 is 9.79 Å². The van der Waals surface area contributed by atoms with Crippen molar-refractivity contribution in [3.05, 3.63) is 11.6 Å². The normalized spacial score (nSPS) is 11.8. The van der Waals surface area contributed by atoms with E-state index in [0.29, 0.717) is 0 Å². The Balaban J connectivity index is 3.04. The number of hydrogen-bond acceptors (Lipinski definition) is 3. The van der Waals surface area contributed by atoms with Gasteiger partial charge in [0.1, 0.15) is 0 Å². The number of hydrogen-bond donors (Lipinski definition) is 2. The van der Waals surface area contributed by atoms with Gasteiger partial charge in [-0.25, -0.2) is 4.98 Å². The summed E-state index contributed by atoms with van der Waals surface area (Å²) in [6.45, 7) is 0. The molecule has 9 heavy (non-hydrogen) atoms. The third kappa shape index (κ3) is 1.59. The standard InChI is InChI=1S/C3H4NO3PS/c5-8(6,7)3-4-1-2-9-3/h1-2H,(H2,5,6,7). The Morgan fingerprint density at radius 1 is 1.67 bits per heavy atom. The Labute approximate surface area is 55.3 Å². The smallest absolute Gasteiger partial charge is 0.319 e. The summed E-state index contributed by atoms with van der Waals surface area (Å²) in [5, 5.41) is 1.52. The molecule has 0 unspecified atom stereocenters. The van der Waals surface area contributed by atoms with E-state index < -0.39 is 7.60 Å². The van der Waals surface area contributed by atoms with E-state index in [4.69, 9.17) is 9.79 Å². The fraction of sp³-hybridized carbons (Fsp3) is 0. The van der Waals surface area contributed by atoms with Gasteiger partial charge in [0.15, 0.2) is 0 Å². The molecule has 0 atom stereocenters. The Bertz CT molecular complexity index is 227. The summed E-state index contributed by atoms with van der Waals surface area (Å²) in [5.41, 5.74) is 0. The zero-order valence-corrected chi connectivity index (χ0v) is 5.97. The van der Waals surface area contributed by atoms with Crippen LogP contribution in [0, 0.1) is 0 Å². The van der Waals surface area contributed by atoms with Gasteiger partial charge in [-0.1, -0.05) is 0 Å². The highest BCUT2D eigenvalue weighted by Crippen LogP contribution is 2.33. The summed E-state index contributed by atoms with van der Waals surface area (Å²) in [5.74, 6) is 0. The van der Waals surface area contributed by atoms with E-state index in [9.17, 15) is 4.57 Å². The van der Waals surface area contributed by atoms with E-state index in [0.717, 1.165) is 11.3 Å². The average molecular weight is 165 g/mol. The van der Waals surface area contributed by atoms with Crippen molar-refractivity contribution in [3.8, 4) is 0 Å². The SMILES string of the molecule is O=P(O)(O)c1nccs1.